The number of hydrogen-bond donors (Lipinski definition) is 1. The first kappa shape index (κ1) is 12.4. The Hall–Kier alpha value is -1.69. The van der Waals surface area contributed by atoms with E-state index in [1.54, 1.807) is 0 Å². The molecule has 3 nitrogen and oxygen atoms in total. The van der Waals surface area contributed by atoms with Crippen molar-refractivity contribution in [2.24, 2.45) is 5.41 Å². The molecule has 86 valence electrons. The molecule has 0 heterocycles. The monoisotopic (exact) mass is 218 g/mol. The summed E-state index contributed by atoms with van der Waals surface area (Å²) in [6, 6.07) is 6.00. The van der Waals surface area contributed by atoms with Gasteiger partial charge in [0.2, 0.25) is 0 Å². The van der Waals surface area contributed by atoms with E-state index < -0.39 is 5.41 Å². The van der Waals surface area contributed by atoms with Gasteiger partial charge in [-0.3, -0.25) is 0 Å². The molecule has 0 aliphatic rings. The van der Waals surface area contributed by atoms with E-state index in [1.165, 1.54) is 0 Å². The Bertz CT molecular complexity index is 407. The van der Waals surface area contributed by atoms with Gasteiger partial charge in [-0.1, -0.05) is 0 Å². The highest BCUT2D eigenvalue weighted by Crippen LogP contribution is 2.25. The zero-order valence-electron chi connectivity index (χ0n) is 10.3. The summed E-state index contributed by atoms with van der Waals surface area (Å²) in [5, 5.41) is 8.88. The van der Waals surface area contributed by atoms with Crippen LogP contribution >= 0.6 is 0 Å². The highest BCUT2D eigenvalue weighted by Gasteiger charge is 2.17. The van der Waals surface area contributed by atoms with Gasteiger partial charge in [0.25, 0.3) is 0 Å². The van der Waals surface area contributed by atoms with E-state index in [0.717, 1.165) is 22.6 Å². The number of aryl methyl sites for hydroxylation is 2. The quantitative estimate of drug-likeness (QED) is 0.793. The van der Waals surface area contributed by atoms with Crippen LogP contribution < -0.4 is 10.5 Å². The van der Waals surface area contributed by atoms with Crippen molar-refractivity contribution >= 4 is 5.69 Å². The summed E-state index contributed by atoms with van der Waals surface area (Å²) in [7, 11) is 0. The van der Waals surface area contributed by atoms with Crippen LogP contribution in [0.15, 0.2) is 12.1 Å². The second-order valence-electron chi connectivity index (χ2n) is 4.76. The number of nitriles is 1. The molecule has 0 aliphatic carbocycles. The molecule has 0 aromatic heterocycles. The summed E-state index contributed by atoms with van der Waals surface area (Å²) in [5.74, 6) is 0.771. The second-order valence-corrected chi connectivity index (χ2v) is 4.76. The smallest absolute Gasteiger partial charge is 0.120 e. The van der Waals surface area contributed by atoms with Crippen molar-refractivity contribution in [3.63, 3.8) is 0 Å². The number of nitrogen functional groups attached to an aromatic ring is 1. The number of anilines is 1. The van der Waals surface area contributed by atoms with E-state index in [9.17, 15) is 0 Å². The molecule has 0 radical (unpaired) electrons. The molecule has 1 aromatic rings. The van der Waals surface area contributed by atoms with Crippen LogP contribution in [0.4, 0.5) is 5.69 Å². The van der Waals surface area contributed by atoms with Gasteiger partial charge in [-0.25, -0.2) is 0 Å². The minimum atomic E-state index is -0.469. The predicted molar refractivity (Wildman–Crippen MR) is 65.2 cm³/mol. The average Bonchev–Trinajstić information content (AvgIpc) is 2.23. The molecule has 0 unspecified atom stereocenters. The van der Waals surface area contributed by atoms with Gasteiger partial charge in [0, 0.05) is 5.69 Å². The lowest BCUT2D eigenvalue weighted by Gasteiger charge is -2.17. The summed E-state index contributed by atoms with van der Waals surface area (Å²) >= 11 is 0. The van der Waals surface area contributed by atoms with Crippen LogP contribution in [-0.2, 0) is 0 Å². The van der Waals surface area contributed by atoms with E-state index in [1.807, 2.05) is 39.8 Å². The number of nitrogens with two attached hydrogens (primary N) is 1. The number of rotatable bonds is 3. The normalized spacial score (nSPS) is 10.9. The Morgan fingerprint density at radius 2 is 1.81 bits per heavy atom. The van der Waals surface area contributed by atoms with E-state index in [2.05, 4.69) is 6.07 Å². The molecule has 0 saturated heterocycles. The number of nitrogens with zero attached hydrogens (tertiary/aromatic N) is 1. The summed E-state index contributed by atoms with van der Waals surface area (Å²) in [4.78, 5) is 0. The third kappa shape index (κ3) is 2.90. The standard InChI is InChI=1S/C13H18N2O/c1-9-5-11(6-10(2)12(9)15)16-8-13(3,4)7-14/h5-6H,8,15H2,1-4H3. The molecule has 16 heavy (non-hydrogen) atoms. The maximum absolute atomic E-state index is 8.88. The van der Waals surface area contributed by atoms with Crippen molar-refractivity contribution in [1.29, 1.82) is 5.26 Å². The summed E-state index contributed by atoms with van der Waals surface area (Å²) < 4.78 is 5.60. The molecule has 3 heteroatoms. The fourth-order valence-corrected chi connectivity index (χ4v) is 1.31. The summed E-state index contributed by atoms with van der Waals surface area (Å²) in [6.07, 6.45) is 0. The van der Waals surface area contributed by atoms with Crippen LogP contribution in [0.25, 0.3) is 0 Å². The topological polar surface area (TPSA) is 59.0 Å². The minimum absolute atomic E-state index is 0.381. The van der Waals surface area contributed by atoms with Gasteiger partial charge in [-0.05, 0) is 51.0 Å². The van der Waals surface area contributed by atoms with Gasteiger partial charge in [0.05, 0.1) is 11.5 Å². The Morgan fingerprint density at radius 3 is 2.25 bits per heavy atom. The van der Waals surface area contributed by atoms with E-state index in [0.29, 0.717) is 6.61 Å². The average molecular weight is 218 g/mol. The number of ether oxygens (including phenoxy) is 1. The highest BCUT2D eigenvalue weighted by molar-refractivity contribution is 5.56. The first-order valence-corrected chi connectivity index (χ1v) is 5.26. The van der Waals surface area contributed by atoms with Gasteiger partial charge in [0.1, 0.15) is 12.4 Å². The van der Waals surface area contributed by atoms with Crippen LogP contribution in [0, 0.1) is 30.6 Å². The first-order chi connectivity index (χ1) is 7.35. The van der Waals surface area contributed by atoms with Gasteiger partial charge >= 0.3 is 0 Å². The molecule has 2 N–H and O–H groups in total. The Labute approximate surface area is 96.8 Å². The van der Waals surface area contributed by atoms with Gasteiger partial charge in [-0.15, -0.1) is 0 Å². The fraction of sp³-hybridized carbons (Fsp3) is 0.462. The highest BCUT2D eigenvalue weighted by atomic mass is 16.5. The molecule has 0 spiro atoms. The van der Waals surface area contributed by atoms with Crippen molar-refractivity contribution < 1.29 is 4.74 Å². The SMILES string of the molecule is Cc1cc(OCC(C)(C)C#N)cc(C)c1N. The molecular weight excluding hydrogens is 200 g/mol. The largest absolute Gasteiger partial charge is 0.492 e. The third-order valence-corrected chi connectivity index (χ3v) is 2.47. The second kappa shape index (κ2) is 4.44. The van der Waals surface area contributed by atoms with Crippen LogP contribution in [0.3, 0.4) is 0 Å². The lowest BCUT2D eigenvalue weighted by atomic mass is 9.97. The minimum Gasteiger partial charge on any atom is -0.492 e. The lowest BCUT2D eigenvalue weighted by Crippen LogP contribution is -2.19. The summed E-state index contributed by atoms with van der Waals surface area (Å²) in [6.45, 7) is 7.98. The Balaban J connectivity index is 2.81. The lowest BCUT2D eigenvalue weighted by molar-refractivity contribution is 0.227. The molecule has 0 fully saturated rings. The van der Waals surface area contributed by atoms with E-state index >= 15 is 0 Å². The van der Waals surface area contributed by atoms with Crippen LogP contribution in [0.1, 0.15) is 25.0 Å². The van der Waals surface area contributed by atoms with Crippen LogP contribution in [0.2, 0.25) is 0 Å². The molecule has 1 rings (SSSR count). The Morgan fingerprint density at radius 1 is 1.31 bits per heavy atom. The first-order valence-electron chi connectivity index (χ1n) is 5.26. The summed E-state index contributed by atoms with van der Waals surface area (Å²) in [5.41, 5.74) is 8.19. The fourth-order valence-electron chi connectivity index (χ4n) is 1.31. The maximum Gasteiger partial charge on any atom is 0.120 e. The van der Waals surface area contributed by atoms with Crippen molar-refractivity contribution in [2.75, 3.05) is 12.3 Å². The number of hydrogen-bond acceptors (Lipinski definition) is 3. The predicted octanol–water partition coefficient (Wildman–Crippen LogP) is 2.81. The van der Waals surface area contributed by atoms with Crippen LogP contribution in [0.5, 0.6) is 5.75 Å². The molecule has 0 aliphatic heterocycles. The molecule has 1 aromatic carbocycles. The third-order valence-electron chi connectivity index (χ3n) is 2.47. The molecule has 0 atom stereocenters. The Kier molecular flexibility index (Phi) is 3.44. The number of benzene rings is 1. The zero-order chi connectivity index (χ0) is 12.3. The van der Waals surface area contributed by atoms with Crippen molar-refractivity contribution in [1.82, 2.24) is 0 Å². The van der Waals surface area contributed by atoms with Crippen molar-refractivity contribution in [3.8, 4) is 11.8 Å². The van der Waals surface area contributed by atoms with Gasteiger partial charge in [0.15, 0.2) is 0 Å². The maximum atomic E-state index is 8.88. The van der Waals surface area contributed by atoms with Crippen LogP contribution in [-0.4, -0.2) is 6.61 Å². The zero-order valence-corrected chi connectivity index (χ0v) is 10.3. The molecule has 0 bridgehead atoms. The van der Waals surface area contributed by atoms with Gasteiger partial charge < -0.3 is 10.5 Å². The van der Waals surface area contributed by atoms with Crippen molar-refractivity contribution in [3.05, 3.63) is 23.3 Å². The van der Waals surface area contributed by atoms with Gasteiger partial charge in [-0.2, -0.15) is 5.26 Å². The van der Waals surface area contributed by atoms with E-state index in [4.69, 9.17) is 15.7 Å². The molecule has 0 saturated carbocycles. The van der Waals surface area contributed by atoms with Crippen molar-refractivity contribution in [2.45, 2.75) is 27.7 Å². The van der Waals surface area contributed by atoms with E-state index in [-0.39, 0.29) is 0 Å². The molecule has 0 amide bonds. The molecular formula is C13H18N2O.